The number of rotatable bonds is 6. The van der Waals surface area contributed by atoms with Gasteiger partial charge in [0.05, 0.1) is 23.9 Å². The van der Waals surface area contributed by atoms with Crippen LogP contribution in [-0.4, -0.2) is 26.6 Å². The molecule has 28 heavy (non-hydrogen) atoms. The quantitative estimate of drug-likeness (QED) is 0.642. The molecule has 0 saturated heterocycles. The lowest BCUT2D eigenvalue weighted by Crippen LogP contribution is -2.12. The molecule has 1 aromatic heterocycles. The summed E-state index contributed by atoms with van der Waals surface area (Å²) in [6.45, 7) is 6.46. The standard InChI is InChI=1S/C22H24N2O4/c1-22(2,3)16-10-8-15(9-11-16)21-23-17-6-4-5-7-18(17)24(21)14-28-20(27)13-12-19(25)26/h4-11H,12-14H2,1-3H3,(H,25,26). The number of carbonyl (C=O) groups excluding carboxylic acids is 1. The monoisotopic (exact) mass is 380 g/mol. The van der Waals surface area contributed by atoms with Crippen molar-refractivity contribution in [2.45, 2.75) is 45.8 Å². The summed E-state index contributed by atoms with van der Waals surface area (Å²) < 4.78 is 7.14. The van der Waals surface area contributed by atoms with Gasteiger partial charge in [0, 0.05) is 5.56 Å². The summed E-state index contributed by atoms with van der Waals surface area (Å²) in [6.07, 6.45) is -0.401. The smallest absolute Gasteiger partial charge is 0.308 e. The van der Waals surface area contributed by atoms with Crippen LogP contribution in [0.4, 0.5) is 0 Å². The molecular formula is C22H24N2O4. The van der Waals surface area contributed by atoms with E-state index in [0.717, 1.165) is 16.6 Å². The molecule has 3 rings (SSSR count). The van der Waals surface area contributed by atoms with Gasteiger partial charge in [-0.1, -0.05) is 57.2 Å². The molecule has 0 aliphatic rings. The molecule has 1 heterocycles. The van der Waals surface area contributed by atoms with Crippen LogP contribution in [0.15, 0.2) is 48.5 Å². The topological polar surface area (TPSA) is 81.4 Å². The molecule has 0 aliphatic carbocycles. The summed E-state index contributed by atoms with van der Waals surface area (Å²) in [6, 6.07) is 15.8. The second-order valence-corrected chi connectivity index (χ2v) is 7.72. The van der Waals surface area contributed by atoms with Crippen molar-refractivity contribution in [2.24, 2.45) is 0 Å². The predicted molar refractivity (Wildman–Crippen MR) is 107 cm³/mol. The highest BCUT2D eigenvalue weighted by atomic mass is 16.5. The third kappa shape index (κ3) is 4.39. The Labute approximate surface area is 163 Å². The zero-order valence-electron chi connectivity index (χ0n) is 16.3. The Morgan fingerprint density at radius 2 is 1.71 bits per heavy atom. The minimum absolute atomic E-state index is 0.0185. The minimum atomic E-state index is -1.02. The van der Waals surface area contributed by atoms with E-state index in [1.807, 2.05) is 41.0 Å². The lowest BCUT2D eigenvalue weighted by atomic mass is 9.87. The first-order chi connectivity index (χ1) is 13.3. The Bertz CT molecular complexity index is 998. The second kappa shape index (κ2) is 7.84. The van der Waals surface area contributed by atoms with Gasteiger partial charge >= 0.3 is 11.9 Å². The van der Waals surface area contributed by atoms with Crippen molar-refractivity contribution < 1.29 is 19.4 Å². The summed E-state index contributed by atoms with van der Waals surface area (Å²) >= 11 is 0. The van der Waals surface area contributed by atoms with Crippen molar-refractivity contribution in [3.05, 3.63) is 54.1 Å². The zero-order chi connectivity index (χ0) is 20.3. The largest absolute Gasteiger partial charge is 0.481 e. The molecule has 0 spiro atoms. The predicted octanol–water partition coefficient (Wildman–Crippen LogP) is 4.37. The Morgan fingerprint density at radius 1 is 1.04 bits per heavy atom. The second-order valence-electron chi connectivity index (χ2n) is 7.72. The van der Waals surface area contributed by atoms with E-state index in [2.05, 4.69) is 32.9 Å². The molecule has 0 aliphatic heterocycles. The molecular weight excluding hydrogens is 356 g/mol. The molecule has 146 valence electrons. The van der Waals surface area contributed by atoms with Crippen LogP contribution < -0.4 is 0 Å². The van der Waals surface area contributed by atoms with Crippen LogP contribution in [0.3, 0.4) is 0 Å². The van der Waals surface area contributed by atoms with Crippen molar-refractivity contribution in [3.8, 4) is 11.4 Å². The van der Waals surface area contributed by atoms with Gasteiger partial charge in [0.25, 0.3) is 0 Å². The normalized spacial score (nSPS) is 11.5. The van der Waals surface area contributed by atoms with E-state index in [1.54, 1.807) is 0 Å². The van der Waals surface area contributed by atoms with Gasteiger partial charge in [-0.3, -0.25) is 14.2 Å². The Kier molecular flexibility index (Phi) is 5.49. The van der Waals surface area contributed by atoms with Gasteiger partial charge in [-0.2, -0.15) is 0 Å². The molecule has 0 saturated carbocycles. The number of esters is 1. The van der Waals surface area contributed by atoms with E-state index in [-0.39, 0.29) is 25.0 Å². The van der Waals surface area contributed by atoms with E-state index in [1.165, 1.54) is 5.56 Å². The first-order valence-electron chi connectivity index (χ1n) is 9.19. The third-order valence-electron chi connectivity index (χ3n) is 4.56. The van der Waals surface area contributed by atoms with E-state index in [0.29, 0.717) is 5.82 Å². The number of aliphatic carboxylic acids is 1. The summed E-state index contributed by atoms with van der Waals surface area (Å²) in [5.41, 5.74) is 3.85. The van der Waals surface area contributed by atoms with Crippen LogP contribution in [0.1, 0.15) is 39.2 Å². The average Bonchev–Trinajstić information content (AvgIpc) is 3.02. The van der Waals surface area contributed by atoms with Crippen LogP contribution in [0.2, 0.25) is 0 Å². The summed E-state index contributed by atoms with van der Waals surface area (Å²) in [5.74, 6) is -0.869. The van der Waals surface area contributed by atoms with Gasteiger partial charge in [0.15, 0.2) is 6.73 Å². The fourth-order valence-electron chi connectivity index (χ4n) is 2.96. The first-order valence-corrected chi connectivity index (χ1v) is 9.19. The van der Waals surface area contributed by atoms with Crippen LogP contribution in [-0.2, 0) is 26.5 Å². The number of aromatic nitrogens is 2. The highest BCUT2D eigenvalue weighted by Crippen LogP contribution is 2.28. The van der Waals surface area contributed by atoms with Crippen molar-refractivity contribution in [3.63, 3.8) is 0 Å². The molecule has 0 unspecified atom stereocenters. The molecule has 0 bridgehead atoms. The number of ether oxygens (including phenoxy) is 1. The average molecular weight is 380 g/mol. The van der Waals surface area contributed by atoms with Crippen molar-refractivity contribution in [2.75, 3.05) is 0 Å². The number of benzene rings is 2. The van der Waals surface area contributed by atoms with Gasteiger partial charge in [-0.15, -0.1) is 0 Å². The van der Waals surface area contributed by atoms with Crippen LogP contribution in [0, 0.1) is 0 Å². The van der Waals surface area contributed by atoms with Crippen LogP contribution >= 0.6 is 0 Å². The summed E-state index contributed by atoms with van der Waals surface area (Å²) in [4.78, 5) is 27.2. The van der Waals surface area contributed by atoms with E-state index in [4.69, 9.17) is 14.8 Å². The number of nitrogens with zero attached hydrogens (tertiary/aromatic N) is 2. The van der Waals surface area contributed by atoms with E-state index < -0.39 is 11.9 Å². The third-order valence-corrected chi connectivity index (χ3v) is 4.56. The Hall–Kier alpha value is -3.15. The van der Waals surface area contributed by atoms with Crippen LogP contribution in [0.5, 0.6) is 0 Å². The van der Waals surface area contributed by atoms with Gasteiger partial charge < -0.3 is 9.84 Å². The highest BCUT2D eigenvalue weighted by molar-refractivity contribution is 5.81. The summed E-state index contributed by atoms with van der Waals surface area (Å²) in [7, 11) is 0. The molecule has 0 fully saturated rings. The van der Waals surface area contributed by atoms with E-state index in [9.17, 15) is 9.59 Å². The molecule has 0 amide bonds. The fourth-order valence-corrected chi connectivity index (χ4v) is 2.96. The molecule has 0 atom stereocenters. The van der Waals surface area contributed by atoms with Crippen molar-refractivity contribution >= 4 is 23.0 Å². The van der Waals surface area contributed by atoms with Crippen molar-refractivity contribution in [1.82, 2.24) is 9.55 Å². The number of carbonyl (C=O) groups is 2. The van der Waals surface area contributed by atoms with E-state index >= 15 is 0 Å². The number of fused-ring (bicyclic) bond motifs is 1. The number of carboxylic acids is 1. The molecule has 1 N–H and O–H groups in total. The molecule has 3 aromatic rings. The van der Waals surface area contributed by atoms with Crippen molar-refractivity contribution in [1.29, 1.82) is 0 Å². The number of imidazole rings is 1. The maximum atomic E-state index is 11.9. The number of para-hydroxylation sites is 2. The van der Waals surface area contributed by atoms with Gasteiger partial charge in [-0.05, 0) is 23.1 Å². The van der Waals surface area contributed by atoms with Gasteiger partial charge in [0.2, 0.25) is 0 Å². The first kappa shape index (κ1) is 19.6. The zero-order valence-corrected chi connectivity index (χ0v) is 16.3. The number of carboxylic acid groups (broad SMARTS) is 1. The summed E-state index contributed by atoms with van der Waals surface area (Å²) in [5, 5.41) is 8.71. The lowest BCUT2D eigenvalue weighted by Gasteiger charge is -2.19. The number of hydrogen-bond acceptors (Lipinski definition) is 4. The van der Waals surface area contributed by atoms with Crippen LogP contribution in [0.25, 0.3) is 22.4 Å². The molecule has 6 nitrogen and oxygen atoms in total. The molecule has 6 heteroatoms. The Morgan fingerprint density at radius 3 is 2.36 bits per heavy atom. The lowest BCUT2D eigenvalue weighted by molar-refractivity contribution is -0.150. The fraction of sp³-hybridized carbons (Fsp3) is 0.318. The maximum Gasteiger partial charge on any atom is 0.308 e. The molecule has 0 radical (unpaired) electrons. The van der Waals surface area contributed by atoms with Gasteiger partial charge in [0.1, 0.15) is 5.82 Å². The Balaban J connectivity index is 1.91. The minimum Gasteiger partial charge on any atom is -0.481 e. The number of hydrogen-bond donors (Lipinski definition) is 1. The molecule has 2 aromatic carbocycles. The van der Waals surface area contributed by atoms with Gasteiger partial charge in [-0.25, -0.2) is 4.98 Å². The highest BCUT2D eigenvalue weighted by Gasteiger charge is 2.17. The SMILES string of the molecule is CC(C)(C)c1ccc(-c2nc3ccccc3n2COC(=O)CCC(=O)O)cc1. The maximum absolute atomic E-state index is 11.9.